The third kappa shape index (κ3) is 3.24. The number of nitrogens with one attached hydrogen (secondary N) is 1. The molecule has 1 unspecified atom stereocenters. The third-order valence-electron chi connectivity index (χ3n) is 3.02. The van der Waals surface area contributed by atoms with Crippen molar-refractivity contribution in [2.75, 3.05) is 5.73 Å². The van der Waals surface area contributed by atoms with Crippen LogP contribution >= 0.6 is 23.2 Å². The van der Waals surface area contributed by atoms with E-state index in [1.807, 2.05) is 20.8 Å². The molecule has 0 bridgehead atoms. The van der Waals surface area contributed by atoms with Gasteiger partial charge in [-0.1, -0.05) is 23.2 Å². The molecule has 3 N–H and O–H groups in total. The summed E-state index contributed by atoms with van der Waals surface area (Å²) in [5, 5.41) is 3.72. The van der Waals surface area contributed by atoms with Crippen molar-refractivity contribution in [3.63, 3.8) is 0 Å². The summed E-state index contributed by atoms with van der Waals surface area (Å²) in [6.45, 7) is 7.53. The number of fused-ring (bicyclic) bond motifs is 1. The van der Waals surface area contributed by atoms with Crippen LogP contribution in [-0.2, 0) is 4.79 Å². The Hall–Kier alpha value is -1.46. The molecule has 2 aromatic rings. The van der Waals surface area contributed by atoms with Gasteiger partial charge in [-0.05, 0) is 39.8 Å². The average molecular weight is 329 g/mol. The van der Waals surface area contributed by atoms with Crippen molar-refractivity contribution in [1.82, 2.24) is 14.9 Å². The Morgan fingerprint density at radius 3 is 2.48 bits per heavy atom. The number of hydrogen-bond donors (Lipinski definition) is 2. The summed E-state index contributed by atoms with van der Waals surface area (Å²) in [4.78, 5) is 16.6. The second-order valence-corrected chi connectivity index (χ2v) is 6.82. The Bertz CT molecular complexity index is 703. The van der Waals surface area contributed by atoms with Gasteiger partial charge < -0.3 is 11.1 Å². The van der Waals surface area contributed by atoms with Gasteiger partial charge in [0, 0.05) is 5.54 Å². The Morgan fingerprint density at radius 2 is 1.90 bits per heavy atom. The zero-order valence-electron chi connectivity index (χ0n) is 12.4. The Morgan fingerprint density at radius 1 is 1.33 bits per heavy atom. The van der Waals surface area contributed by atoms with Crippen LogP contribution in [0, 0.1) is 0 Å². The quantitative estimate of drug-likeness (QED) is 0.887. The van der Waals surface area contributed by atoms with Crippen LogP contribution in [0.5, 0.6) is 0 Å². The van der Waals surface area contributed by atoms with Crippen LogP contribution < -0.4 is 11.1 Å². The molecule has 0 aliphatic carbocycles. The molecule has 2 rings (SSSR count). The van der Waals surface area contributed by atoms with E-state index < -0.39 is 6.04 Å². The fraction of sp³-hybridized carbons (Fsp3) is 0.429. The van der Waals surface area contributed by atoms with Crippen molar-refractivity contribution >= 4 is 46.1 Å². The second kappa shape index (κ2) is 5.39. The number of halogens is 2. The van der Waals surface area contributed by atoms with Crippen LogP contribution in [0.2, 0.25) is 10.0 Å². The highest BCUT2D eigenvalue weighted by atomic mass is 35.5. The van der Waals surface area contributed by atoms with Crippen molar-refractivity contribution in [1.29, 1.82) is 0 Å². The van der Waals surface area contributed by atoms with Crippen LogP contribution in [0.1, 0.15) is 33.7 Å². The number of rotatable bonds is 2. The smallest absolute Gasteiger partial charge is 0.243 e. The van der Waals surface area contributed by atoms with Crippen molar-refractivity contribution < 1.29 is 4.79 Å². The Kier molecular flexibility index (Phi) is 4.08. The molecule has 1 amide bonds. The molecule has 0 aliphatic heterocycles. The van der Waals surface area contributed by atoms with Gasteiger partial charge in [0.05, 0.1) is 21.1 Å². The minimum atomic E-state index is -0.508. The number of aromatic nitrogens is 2. The zero-order valence-corrected chi connectivity index (χ0v) is 13.9. The minimum absolute atomic E-state index is 0.139. The van der Waals surface area contributed by atoms with E-state index in [2.05, 4.69) is 10.3 Å². The van der Waals surface area contributed by atoms with Crippen molar-refractivity contribution in [2.45, 2.75) is 39.3 Å². The maximum absolute atomic E-state index is 12.3. The van der Waals surface area contributed by atoms with Gasteiger partial charge in [-0.25, -0.2) is 4.98 Å². The number of nitrogens with zero attached hydrogens (tertiary/aromatic N) is 2. The highest BCUT2D eigenvalue weighted by Crippen LogP contribution is 2.31. The highest BCUT2D eigenvalue weighted by molar-refractivity contribution is 6.42. The molecule has 1 aromatic heterocycles. The second-order valence-electron chi connectivity index (χ2n) is 6.01. The summed E-state index contributed by atoms with van der Waals surface area (Å²) in [5.41, 5.74) is 6.91. The van der Waals surface area contributed by atoms with Crippen molar-refractivity contribution in [3.8, 4) is 0 Å². The number of carbonyl (C=O) groups is 1. The molecule has 1 atom stereocenters. The first-order chi connectivity index (χ1) is 9.60. The van der Waals surface area contributed by atoms with E-state index in [4.69, 9.17) is 28.9 Å². The fourth-order valence-corrected chi connectivity index (χ4v) is 2.42. The van der Waals surface area contributed by atoms with E-state index in [0.717, 1.165) is 0 Å². The van der Waals surface area contributed by atoms with Crippen LogP contribution in [0.25, 0.3) is 11.0 Å². The van der Waals surface area contributed by atoms with Gasteiger partial charge in [0.25, 0.3) is 0 Å². The topological polar surface area (TPSA) is 72.9 Å². The van der Waals surface area contributed by atoms with Gasteiger partial charge in [-0.15, -0.1) is 0 Å². The van der Waals surface area contributed by atoms with Crippen LogP contribution in [0.4, 0.5) is 5.95 Å². The van der Waals surface area contributed by atoms with Crippen LogP contribution in [0.15, 0.2) is 12.1 Å². The first-order valence-electron chi connectivity index (χ1n) is 6.54. The molecular formula is C14H18Cl2N4O. The number of imidazole rings is 1. The maximum atomic E-state index is 12.3. The largest absolute Gasteiger partial charge is 0.369 e. The molecule has 1 heterocycles. The molecule has 1 aromatic carbocycles. The van der Waals surface area contributed by atoms with E-state index in [9.17, 15) is 4.79 Å². The summed E-state index contributed by atoms with van der Waals surface area (Å²) in [5.74, 6) is 0.111. The molecule has 5 nitrogen and oxygen atoms in total. The first kappa shape index (κ1) is 15.9. The van der Waals surface area contributed by atoms with E-state index in [0.29, 0.717) is 21.1 Å². The number of carbonyl (C=O) groups excluding carboxylic acids is 1. The van der Waals surface area contributed by atoms with E-state index in [1.165, 1.54) is 0 Å². The number of benzene rings is 1. The summed E-state index contributed by atoms with van der Waals surface area (Å²) >= 11 is 12.0. The predicted octanol–water partition coefficient (Wildman–Crippen LogP) is 3.40. The SMILES string of the molecule is CC(C(=O)NC(C)(C)C)n1c(N)nc2cc(Cl)c(Cl)cc21. The molecule has 0 spiro atoms. The normalized spacial score (nSPS) is 13.4. The van der Waals surface area contributed by atoms with Gasteiger partial charge in [0.15, 0.2) is 0 Å². The van der Waals surface area contributed by atoms with Crippen LogP contribution in [-0.4, -0.2) is 21.0 Å². The number of amides is 1. The third-order valence-corrected chi connectivity index (χ3v) is 3.75. The fourth-order valence-electron chi connectivity index (χ4n) is 2.11. The number of nitrogens with two attached hydrogens (primary N) is 1. The molecule has 0 radical (unpaired) electrons. The Labute approximate surface area is 133 Å². The molecule has 0 saturated heterocycles. The number of anilines is 1. The van der Waals surface area contributed by atoms with Gasteiger partial charge in [-0.3, -0.25) is 9.36 Å². The van der Waals surface area contributed by atoms with Gasteiger partial charge >= 0.3 is 0 Å². The van der Waals surface area contributed by atoms with Crippen LogP contribution in [0.3, 0.4) is 0 Å². The summed E-state index contributed by atoms with van der Waals surface area (Å²) in [6.07, 6.45) is 0. The van der Waals surface area contributed by atoms with Gasteiger partial charge in [0.2, 0.25) is 11.9 Å². The molecule has 7 heteroatoms. The lowest BCUT2D eigenvalue weighted by Crippen LogP contribution is -2.43. The molecular weight excluding hydrogens is 311 g/mol. The van der Waals surface area contributed by atoms with Crippen molar-refractivity contribution in [2.24, 2.45) is 0 Å². The molecule has 114 valence electrons. The van der Waals surface area contributed by atoms with Crippen molar-refractivity contribution in [3.05, 3.63) is 22.2 Å². The average Bonchev–Trinajstić information content (AvgIpc) is 2.62. The molecule has 0 saturated carbocycles. The standard InChI is InChI=1S/C14H18Cl2N4O/c1-7(12(21)19-14(2,3)4)20-11-6-9(16)8(15)5-10(11)18-13(20)17/h5-7H,1-4H3,(H2,17,18)(H,19,21). The lowest BCUT2D eigenvalue weighted by molar-refractivity contribution is -0.125. The monoisotopic (exact) mass is 328 g/mol. The predicted molar refractivity (Wildman–Crippen MR) is 86.8 cm³/mol. The minimum Gasteiger partial charge on any atom is -0.369 e. The maximum Gasteiger partial charge on any atom is 0.243 e. The highest BCUT2D eigenvalue weighted by Gasteiger charge is 2.24. The van der Waals surface area contributed by atoms with Gasteiger partial charge in [-0.2, -0.15) is 0 Å². The Balaban J connectivity index is 2.48. The lowest BCUT2D eigenvalue weighted by atomic mass is 10.1. The summed E-state index contributed by atoms with van der Waals surface area (Å²) in [7, 11) is 0. The van der Waals surface area contributed by atoms with E-state index in [-0.39, 0.29) is 17.4 Å². The first-order valence-corrected chi connectivity index (χ1v) is 7.30. The summed E-state index contributed by atoms with van der Waals surface area (Å²) in [6, 6.07) is 2.80. The van der Waals surface area contributed by atoms with Gasteiger partial charge in [0.1, 0.15) is 6.04 Å². The summed E-state index contributed by atoms with van der Waals surface area (Å²) < 4.78 is 1.65. The lowest BCUT2D eigenvalue weighted by Gasteiger charge is -2.24. The molecule has 0 fully saturated rings. The number of hydrogen-bond acceptors (Lipinski definition) is 3. The molecule has 0 aliphatic rings. The van der Waals surface area contributed by atoms with E-state index >= 15 is 0 Å². The zero-order chi connectivity index (χ0) is 15.9. The molecule has 21 heavy (non-hydrogen) atoms. The number of nitrogen functional groups attached to an aromatic ring is 1. The van der Waals surface area contributed by atoms with E-state index in [1.54, 1.807) is 23.6 Å².